The molecule has 0 amide bonds. The van der Waals surface area contributed by atoms with Gasteiger partial charge in [-0.15, -0.1) is 0 Å². The Morgan fingerprint density at radius 3 is 2.62 bits per heavy atom. The van der Waals surface area contributed by atoms with E-state index in [0.717, 1.165) is 31.7 Å². The smallest absolute Gasteiger partial charge is 0.376 e. The summed E-state index contributed by atoms with van der Waals surface area (Å²) in [5.41, 5.74) is -1.01. The molecule has 1 N–H and O–H groups in total. The Balaban J connectivity index is 2.42. The highest BCUT2D eigenvalue weighted by atomic mass is 19.4. The Kier molecular flexibility index (Phi) is 4.88. The topological polar surface area (TPSA) is 34.2 Å². The molecule has 1 atom stereocenters. The first-order valence-electron chi connectivity index (χ1n) is 7.24. The van der Waals surface area contributed by atoms with E-state index >= 15 is 0 Å². The van der Waals surface area contributed by atoms with Crippen molar-refractivity contribution in [3.8, 4) is 0 Å². The van der Waals surface area contributed by atoms with Crippen molar-refractivity contribution in [2.75, 3.05) is 13.7 Å². The van der Waals surface area contributed by atoms with Gasteiger partial charge in [-0.2, -0.15) is 13.2 Å². The fourth-order valence-electron chi connectivity index (χ4n) is 2.90. The number of halogens is 3. The van der Waals surface area contributed by atoms with Crippen LogP contribution in [0.15, 0.2) is 18.5 Å². The third-order valence-electron chi connectivity index (χ3n) is 4.20. The van der Waals surface area contributed by atoms with Crippen LogP contribution in [0.4, 0.5) is 13.2 Å². The first kappa shape index (κ1) is 16.2. The Morgan fingerprint density at radius 2 is 2.14 bits per heavy atom. The Labute approximate surface area is 122 Å². The van der Waals surface area contributed by atoms with Crippen LogP contribution >= 0.6 is 0 Å². The lowest BCUT2D eigenvalue weighted by Crippen LogP contribution is -2.51. The molecular formula is C15H21F3N2O. The highest BCUT2D eigenvalue weighted by Gasteiger charge is 2.48. The maximum Gasteiger partial charge on any atom is 0.416 e. The summed E-state index contributed by atoms with van der Waals surface area (Å²) in [7, 11) is 1.57. The molecule has 21 heavy (non-hydrogen) atoms. The number of ether oxygens (including phenoxy) is 1. The molecule has 0 radical (unpaired) electrons. The van der Waals surface area contributed by atoms with E-state index < -0.39 is 23.4 Å². The molecule has 0 aromatic carbocycles. The number of methoxy groups -OCH3 is 1. The summed E-state index contributed by atoms with van der Waals surface area (Å²) >= 11 is 0. The molecule has 3 nitrogen and oxygen atoms in total. The van der Waals surface area contributed by atoms with E-state index in [1.54, 1.807) is 7.11 Å². The van der Waals surface area contributed by atoms with Gasteiger partial charge in [0, 0.05) is 25.1 Å². The normalized spacial score (nSPS) is 19.1. The number of pyridine rings is 1. The summed E-state index contributed by atoms with van der Waals surface area (Å²) in [5.74, 6) is 0. The van der Waals surface area contributed by atoms with Gasteiger partial charge < -0.3 is 10.1 Å². The van der Waals surface area contributed by atoms with Crippen molar-refractivity contribution < 1.29 is 17.9 Å². The highest BCUT2D eigenvalue weighted by Crippen LogP contribution is 2.47. The summed E-state index contributed by atoms with van der Waals surface area (Å²) in [6, 6.07) is 0.555. The van der Waals surface area contributed by atoms with Gasteiger partial charge in [-0.05, 0) is 38.3 Å². The van der Waals surface area contributed by atoms with Crippen molar-refractivity contribution in [1.82, 2.24) is 10.3 Å². The zero-order valence-corrected chi connectivity index (χ0v) is 12.3. The predicted molar refractivity (Wildman–Crippen MR) is 73.9 cm³/mol. The molecule has 1 aliphatic rings. The average molecular weight is 302 g/mol. The average Bonchev–Trinajstić information content (AvgIpc) is 2.41. The first-order valence-corrected chi connectivity index (χ1v) is 7.24. The summed E-state index contributed by atoms with van der Waals surface area (Å²) in [6.07, 6.45) is 1.45. The molecule has 1 unspecified atom stereocenters. The maximum absolute atomic E-state index is 13.2. The van der Waals surface area contributed by atoms with Crippen LogP contribution in [0.1, 0.15) is 49.8 Å². The molecule has 0 aliphatic heterocycles. The van der Waals surface area contributed by atoms with Crippen LogP contribution in [0.5, 0.6) is 0 Å². The van der Waals surface area contributed by atoms with Crippen LogP contribution in [0.3, 0.4) is 0 Å². The van der Waals surface area contributed by atoms with Gasteiger partial charge in [0.15, 0.2) is 0 Å². The van der Waals surface area contributed by atoms with Crippen LogP contribution in [0, 0.1) is 0 Å². The van der Waals surface area contributed by atoms with E-state index in [2.05, 4.69) is 10.3 Å². The summed E-state index contributed by atoms with van der Waals surface area (Å²) in [6.45, 7) is 2.63. The van der Waals surface area contributed by atoms with Gasteiger partial charge in [-0.3, -0.25) is 4.98 Å². The van der Waals surface area contributed by atoms with E-state index in [9.17, 15) is 13.2 Å². The SMILES string of the molecule is CCCNC(c1cnccc1C(F)(F)F)C1(OC)CCC1. The fourth-order valence-corrected chi connectivity index (χ4v) is 2.90. The second-order valence-electron chi connectivity index (χ2n) is 5.47. The van der Waals surface area contributed by atoms with E-state index in [0.29, 0.717) is 6.54 Å². The van der Waals surface area contributed by atoms with Gasteiger partial charge in [-0.1, -0.05) is 6.92 Å². The summed E-state index contributed by atoms with van der Waals surface area (Å²) < 4.78 is 45.3. The van der Waals surface area contributed by atoms with E-state index in [1.807, 2.05) is 6.92 Å². The second kappa shape index (κ2) is 6.32. The van der Waals surface area contributed by atoms with Crippen molar-refractivity contribution in [1.29, 1.82) is 0 Å². The van der Waals surface area contributed by atoms with Crippen molar-refractivity contribution in [2.24, 2.45) is 0 Å². The molecule has 0 bridgehead atoms. The van der Waals surface area contributed by atoms with Crippen molar-refractivity contribution in [3.05, 3.63) is 29.6 Å². The molecule has 1 aromatic rings. The number of hydrogen-bond acceptors (Lipinski definition) is 3. The minimum absolute atomic E-state index is 0.181. The molecule has 1 heterocycles. The minimum Gasteiger partial charge on any atom is -0.376 e. The maximum atomic E-state index is 13.2. The number of aromatic nitrogens is 1. The molecule has 1 saturated carbocycles. The largest absolute Gasteiger partial charge is 0.416 e. The Bertz CT molecular complexity index is 467. The third-order valence-corrected chi connectivity index (χ3v) is 4.20. The summed E-state index contributed by atoms with van der Waals surface area (Å²) in [4.78, 5) is 3.90. The lowest BCUT2D eigenvalue weighted by Gasteiger charge is -2.47. The molecule has 1 fully saturated rings. The van der Waals surface area contributed by atoms with Gasteiger partial charge >= 0.3 is 6.18 Å². The third kappa shape index (κ3) is 3.21. The Hall–Kier alpha value is -1.14. The van der Waals surface area contributed by atoms with Crippen LogP contribution in [-0.2, 0) is 10.9 Å². The Morgan fingerprint density at radius 1 is 1.43 bits per heavy atom. The first-order chi connectivity index (χ1) is 9.94. The lowest BCUT2D eigenvalue weighted by molar-refractivity contribution is -0.141. The zero-order chi connectivity index (χ0) is 15.5. The van der Waals surface area contributed by atoms with E-state index in [1.165, 1.54) is 12.4 Å². The van der Waals surface area contributed by atoms with Crippen LogP contribution < -0.4 is 5.32 Å². The molecule has 0 spiro atoms. The second-order valence-corrected chi connectivity index (χ2v) is 5.47. The predicted octanol–water partition coefficient (Wildman–Crippen LogP) is 3.71. The fraction of sp³-hybridized carbons (Fsp3) is 0.667. The molecule has 1 aliphatic carbocycles. The monoisotopic (exact) mass is 302 g/mol. The van der Waals surface area contributed by atoms with Gasteiger partial charge in [0.1, 0.15) is 0 Å². The number of alkyl halides is 3. The van der Waals surface area contributed by atoms with Gasteiger partial charge in [-0.25, -0.2) is 0 Å². The highest BCUT2D eigenvalue weighted by molar-refractivity contribution is 5.32. The quantitative estimate of drug-likeness (QED) is 0.870. The molecule has 1 aromatic heterocycles. The molecule has 0 saturated heterocycles. The van der Waals surface area contributed by atoms with Crippen molar-refractivity contribution >= 4 is 0 Å². The number of nitrogens with zero attached hydrogens (tertiary/aromatic N) is 1. The molecular weight excluding hydrogens is 281 g/mol. The number of hydrogen-bond donors (Lipinski definition) is 1. The zero-order valence-electron chi connectivity index (χ0n) is 12.3. The van der Waals surface area contributed by atoms with Crippen LogP contribution in [0.2, 0.25) is 0 Å². The molecule has 118 valence electrons. The van der Waals surface area contributed by atoms with Crippen molar-refractivity contribution in [2.45, 2.75) is 50.4 Å². The van der Waals surface area contributed by atoms with Crippen LogP contribution in [-0.4, -0.2) is 24.2 Å². The minimum atomic E-state index is -4.39. The van der Waals surface area contributed by atoms with Gasteiger partial charge in [0.25, 0.3) is 0 Å². The van der Waals surface area contributed by atoms with Crippen LogP contribution in [0.25, 0.3) is 0 Å². The van der Waals surface area contributed by atoms with E-state index in [4.69, 9.17) is 4.74 Å². The number of rotatable bonds is 6. The summed E-state index contributed by atoms with van der Waals surface area (Å²) in [5, 5.41) is 3.23. The van der Waals surface area contributed by atoms with Gasteiger partial charge in [0.2, 0.25) is 0 Å². The lowest BCUT2D eigenvalue weighted by atomic mass is 9.71. The molecule has 6 heteroatoms. The molecule has 2 rings (SSSR count). The van der Waals surface area contributed by atoms with Crippen molar-refractivity contribution in [3.63, 3.8) is 0 Å². The number of nitrogens with one attached hydrogen (secondary N) is 1. The van der Waals surface area contributed by atoms with Gasteiger partial charge in [0.05, 0.1) is 17.2 Å². The standard InChI is InChI=1S/C15H21F3N2O/c1-3-8-20-13(14(21-2)6-4-7-14)11-10-19-9-5-12(11)15(16,17)18/h5,9-10,13,20H,3-4,6-8H2,1-2H3. The van der Waals surface area contributed by atoms with E-state index in [-0.39, 0.29) is 5.56 Å².